The molecule has 1 heterocycles. The van der Waals surface area contributed by atoms with Gasteiger partial charge in [0.25, 0.3) is 0 Å². The first-order valence-electron chi connectivity index (χ1n) is 6.42. The number of rotatable bonds is 3. The Morgan fingerprint density at radius 3 is 2.70 bits per heavy atom. The molecule has 1 aromatic heterocycles. The van der Waals surface area contributed by atoms with Crippen molar-refractivity contribution in [3.05, 3.63) is 48.1 Å². The van der Waals surface area contributed by atoms with E-state index in [0.717, 1.165) is 10.9 Å². The average molecular weight is 271 g/mol. The fourth-order valence-corrected chi connectivity index (χ4v) is 2.10. The highest BCUT2D eigenvalue weighted by atomic mass is 19.1. The van der Waals surface area contributed by atoms with Gasteiger partial charge in [0.15, 0.2) is 0 Å². The first kappa shape index (κ1) is 12.7. The molecular formula is C15H14FN3O. The van der Waals surface area contributed by atoms with Crippen molar-refractivity contribution in [1.29, 1.82) is 0 Å². The maximum absolute atomic E-state index is 13.8. The largest absolute Gasteiger partial charge is 0.339 e. The van der Waals surface area contributed by atoms with Crippen LogP contribution in [0.25, 0.3) is 22.2 Å². The second-order valence-corrected chi connectivity index (χ2v) is 4.73. The van der Waals surface area contributed by atoms with Gasteiger partial charge in [-0.15, -0.1) is 0 Å². The topological polar surface area (TPSA) is 64.9 Å². The van der Waals surface area contributed by atoms with Gasteiger partial charge in [-0.1, -0.05) is 36.3 Å². The highest BCUT2D eigenvalue weighted by Crippen LogP contribution is 2.29. The van der Waals surface area contributed by atoms with Crippen LogP contribution in [-0.2, 0) is 0 Å². The van der Waals surface area contributed by atoms with Crippen LogP contribution in [-0.4, -0.2) is 16.7 Å². The molecule has 0 aliphatic rings. The van der Waals surface area contributed by atoms with E-state index in [-0.39, 0.29) is 11.7 Å². The van der Waals surface area contributed by atoms with Crippen LogP contribution in [0.15, 0.2) is 40.9 Å². The lowest BCUT2D eigenvalue weighted by Crippen LogP contribution is -2.08. The van der Waals surface area contributed by atoms with E-state index in [1.54, 1.807) is 18.2 Å². The van der Waals surface area contributed by atoms with Crippen molar-refractivity contribution < 1.29 is 8.91 Å². The first-order chi connectivity index (χ1) is 9.70. The van der Waals surface area contributed by atoms with E-state index in [9.17, 15) is 4.39 Å². The average Bonchev–Trinajstić information content (AvgIpc) is 2.97. The summed E-state index contributed by atoms with van der Waals surface area (Å²) >= 11 is 0. The number of hydrogen-bond donors (Lipinski definition) is 1. The Labute approximate surface area is 115 Å². The molecule has 0 bridgehead atoms. The molecule has 0 aliphatic carbocycles. The molecule has 0 saturated heterocycles. The van der Waals surface area contributed by atoms with E-state index in [1.165, 1.54) is 6.07 Å². The number of aromatic nitrogens is 2. The van der Waals surface area contributed by atoms with Gasteiger partial charge >= 0.3 is 0 Å². The molecule has 20 heavy (non-hydrogen) atoms. The highest BCUT2D eigenvalue weighted by molar-refractivity contribution is 5.95. The molecule has 1 unspecified atom stereocenters. The molecule has 2 N–H and O–H groups in total. The number of halogens is 1. The van der Waals surface area contributed by atoms with Crippen LogP contribution in [0, 0.1) is 5.82 Å². The van der Waals surface area contributed by atoms with Crippen molar-refractivity contribution in [3.8, 4) is 11.4 Å². The van der Waals surface area contributed by atoms with E-state index in [0.29, 0.717) is 23.6 Å². The summed E-state index contributed by atoms with van der Waals surface area (Å²) in [6.07, 6.45) is 0. The van der Waals surface area contributed by atoms with Crippen LogP contribution in [0.2, 0.25) is 0 Å². The molecule has 3 rings (SSSR count). The zero-order valence-corrected chi connectivity index (χ0v) is 11.0. The Morgan fingerprint density at radius 1 is 1.20 bits per heavy atom. The van der Waals surface area contributed by atoms with Gasteiger partial charge in [0, 0.05) is 23.4 Å². The second-order valence-electron chi connectivity index (χ2n) is 4.73. The van der Waals surface area contributed by atoms with Crippen molar-refractivity contribution in [2.75, 3.05) is 6.54 Å². The van der Waals surface area contributed by atoms with Crippen molar-refractivity contribution in [3.63, 3.8) is 0 Å². The van der Waals surface area contributed by atoms with Crippen LogP contribution >= 0.6 is 0 Å². The fourth-order valence-electron chi connectivity index (χ4n) is 2.10. The van der Waals surface area contributed by atoms with E-state index in [1.807, 2.05) is 19.1 Å². The molecule has 0 aliphatic heterocycles. The summed E-state index contributed by atoms with van der Waals surface area (Å²) in [7, 11) is 0. The minimum atomic E-state index is -0.261. The minimum absolute atomic E-state index is 0.00274. The lowest BCUT2D eigenvalue weighted by Gasteiger charge is -2.03. The SMILES string of the molecule is CC(CN)c1nc(-c2ccc(F)c3ccccc23)no1. The van der Waals surface area contributed by atoms with Gasteiger partial charge in [-0.25, -0.2) is 4.39 Å². The summed E-state index contributed by atoms with van der Waals surface area (Å²) in [6, 6.07) is 10.3. The number of nitrogens with zero attached hydrogens (tertiary/aromatic N) is 2. The van der Waals surface area contributed by atoms with E-state index in [4.69, 9.17) is 10.3 Å². The van der Waals surface area contributed by atoms with Crippen LogP contribution in [0.1, 0.15) is 18.7 Å². The van der Waals surface area contributed by atoms with Gasteiger partial charge < -0.3 is 10.3 Å². The number of fused-ring (bicyclic) bond motifs is 1. The van der Waals surface area contributed by atoms with Crippen molar-refractivity contribution in [1.82, 2.24) is 10.1 Å². The van der Waals surface area contributed by atoms with Crippen LogP contribution in [0.4, 0.5) is 4.39 Å². The predicted molar refractivity (Wildman–Crippen MR) is 74.7 cm³/mol. The molecule has 2 aromatic carbocycles. The molecule has 5 heteroatoms. The van der Waals surface area contributed by atoms with Crippen molar-refractivity contribution in [2.24, 2.45) is 5.73 Å². The molecule has 0 spiro atoms. The van der Waals surface area contributed by atoms with Gasteiger partial charge in [-0.05, 0) is 17.5 Å². The molecule has 0 saturated carbocycles. The molecule has 4 nitrogen and oxygen atoms in total. The highest BCUT2D eigenvalue weighted by Gasteiger charge is 2.16. The standard InChI is InChI=1S/C15H14FN3O/c1-9(8-17)15-18-14(19-20-15)12-6-7-13(16)11-5-3-2-4-10(11)12/h2-7,9H,8,17H2,1H3. The molecule has 102 valence electrons. The fraction of sp³-hybridized carbons (Fsp3) is 0.200. The molecule has 0 amide bonds. The maximum atomic E-state index is 13.8. The molecule has 3 aromatic rings. The van der Waals surface area contributed by atoms with E-state index in [2.05, 4.69) is 10.1 Å². The monoisotopic (exact) mass is 271 g/mol. The lowest BCUT2D eigenvalue weighted by molar-refractivity contribution is 0.361. The van der Waals surface area contributed by atoms with Crippen LogP contribution < -0.4 is 5.73 Å². The van der Waals surface area contributed by atoms with Gasteiger partial charge in [0.05, 0.1) is 0 Å². The van der Waals surface area contributed by atoms with E-state index >= 15 is 0 Å². The Hall–Kier alpha value is -2.27. The normalized spacial score (nSPS) is 12.8. The molecule has 0 fully saturated rings. The maximum Gasteiger partial charge on any atom is 0.231 e. The third-order valence-corrected chi connectivity index (χ3v) is 3.33. The van der Waals surface area contributed by atoms with Gasteiger partial charge in [0.2, 0.25) is 11.7 Å². The number of benzene rings is 2. The van der Waals surface area contributed by atoms with Gasteiger partial charge in [-0.3, -0.25) is 0 Å². The van der Waals surface area contributed by atoms with Crippen molar-refractivity contribution >= 4 is 10.8 Å². The van der Waals surface area contributed by atoms with Crippen LogP contribution in [0.3, 0.4) is 0 Å². The van der Waals surface area contributed by atoms with Gasteiger partial charge in [0.1, 0.15) is 5.82 Å². The summed E-state index contributed by atoms with van der Waals surface area (Å²) in [5.41, 5.74) is 6.34. The van der Waals surface area contributed by atoms with Gasteiger partial charge in [-0.2, -0.15) is 4.98 Å². The summed E-state index contributed by atoms with van der Waals surface area (Å²) in [5.74, 6) is 0.693. The molecule has 1 atom stereocenters. The van der Waals surface area contributed by atoms with Crippen molar-refractivity contribution in [2.45, 2.75) is 12.8 Å². The smallest absolute Gasteiger partial charge is 0.231 e. The van der Waals surface area contributed by atoms with E-state index < -0.39 is 0 Å². The molecule has 0 radical (unpaired) electrons. The summed E-state index contributed by atoms with van der Waals surface area (Å²) in [4.78, 5) is 4.35. The Kier molecular flexibility index (Phi) is 3.20. The lowest BCUT2D eigenvalue weighted by atomic mass is 10.0. The quantitative estimate of drug-likeness (QED) is 0.795. The number of hydrogen-bond acceptors (Lipinski definition) is 4. The van der Waals surface area contributed by atoms with Crippen LogP contribution in [0.5, 0.6) is 0 Å². The zero-order chi connectivity index (χ0) is 14.1. The predicted octanol–water partition coefficient (Wildman–Crippen LogP) is 3.09. The first-order valence-corrected chi connectivity index (χ1v) is 6.42. The Bertz CT molecular complexity index is 754. The number of nitrogens with two attached hydrogens (primary N) is 1. The summed E-state index contributed by atoms with van der Waals surface area (Å²) in [5, 5.41) is 5.28. The third kappa shape index (κ3) is 2.06. The summed E-state index contributed by atoms with van der Waals surface area (Å²) in [6.45, 7) is 2.35. The third-order valence-electron chi connectivity index (χ3n) is 3.33. The zero-order valence-electron chi connectivity index (χ0n) is 11.0. The summed E-state index contributed by atoms with van der Waals surface area (Å²) < 4.78 is 19.0. The Balaban J connectivity index is 2.15. The minimum Gasteiger partial charge on any atom is -0.339 e. The Morgan fingerprint density at radius 2 is 1.95 bits per heavy atom. The molecular weight excluding hydrogens is 257 g/mol. The second kappa shape index (κ2) is 5.02.